The van der Waals surface area contributed by atoms with E-state index in [1.807, 2.05) is 55.5 Å². The van der Waals surface area contributed by atoms with E-state index in [9.17, 15) is 9.90 Å². The number of benzene rings is 2. The van der Waals surface area contributed by atoms with Crippen molar-refractivity contribution in [2.24, 2.45) is 0 Å². The van der Waals surface area contributed by atoms with Crippen LogP contribution in [0, 0.1) is 6.92 Å². The lowest BCUT2D eigenvalue weighted by atomic mass is 9.84. The second-order valence-corrected chi connectivity index (χ2v) is 7.27. The van der Waals surface area contributed by atoms with Gasteiger partial charge >= 0.3 is 0 Å². The number of aromatic nitrogens is 2. The zero-order valence-electron chi connectivity index (χ0n) is 15.8. The molecule has 2 aromatic carbocycles. The standard InChI is InChI=1S/C22H23N3O3/c1-16-5-4-6-17(13-16)22(27)9-11-25(12-10-22)20(26)14-28-21-18-7-2-3-8-19(18)23-15-24-21/h2-8,13,15,27H,9-12,14H2,1H3. The third-order valence-corrected chi connectivity index (χ3v) is 5.34. The van der Waals surface area contributed by atoms with Crippen molar-refractivity contribution in [3.8, 4) is 5.88 Å². The predicted octanol–water partition coefficient (Wildman–Crippen LogP) is 2.83. The van der Waals surface area contributed by atoms with Crippen LogP contribution in [0.4, 0.5) is 0 Å². The summed E-state index contributed by atoms with van der Waals surface area (Å²) >= 11 is 0. The fraction of sp³-hybridized carbons (Fsp3) is 0.318. The van der Waals surface area contributed by atoms with Gasteiger partial charge in [-0.25, -0.2) is 9.97 Å². The number of fused-ring (bicyclic) bond motifs is 1. The quantitative estimate of drug-likeness (QED) is 0.757. The van der Waals surface area contributed by atoms with Crippen LogP contribution in [0.25, 0.3) is 10.9 Å². The number of hydrogen-bond donors (Lipinski definition) is 1. The van der Waals surface area contributed by atoms with Crippen molar-refractivity contribution in [1.82, 2.24) is 14.9 Å². The van der Waals surface area contributed by atoms with Gasteiger partial charge in [0.05, 0.1) is 16.5 Å². The minimum atomic E-state index is -0.882. The van der Waals surface area contributed by atoms with Crippen molar-refractivity contribution in [2.45, 2.75) is 25.4 Å². The highest BCUT2D eigenvalue weighted by Crippen LogP contribution is 2.33. The Bertz CT molecular complexity index is 992. The van der Waals surface area contributed by atoms with E-state index in [0.29, 0.717) is 31.8 Å². The predicted molar refractivity (Wildman–Crippen MR) is 106 cm³/mol. The van der Waals surface area contributed by atoms with Gasteiger partial charge < -0.3 is 14.7 Å². The number of carbonyl (C=O) groups is 1. The molecule has 2 heterocycles. The summed E-state index contributed by atoms with van der Waals surface area (Å²) in [6.07, 6.45) is 2.46. The summed E-state index contributed by atoms with van der Waals surface area (Å²) in [4.78, 5) is 22.7. The first-order valence-corrected chi connectivity index (χ1v) is 9.45. The summed E-state index contributed by atoms with van der Waals surface area (Å²) in [7, 11) is 0. The maximum Gasteiger partial charge on any atom is 0.260 e. The second-order valence-electron chi connectivity index (χ2n) is 7.27. The van der Waals surface area contributed by atoms with Crippen LogP contribution in [0.15, 0.2) is 54.9 Å². The van der Waals surface area contributed by atoms with E-state index in [4.69, 9.17) is 4.74 Å². The molecule has 3 aromatic rings. The summed E-state index contributed by atoms with van der Waals surface area (Å²) in [6.45, 7) is 2.93. The van der Waals surface area contributed by atoms with Crippen LogP contribution in [-0.4, -0.2) is 45.6 Å². The van der Waals surface area contributed by atoms with Crippen LogP contribution in [-0.2, 0) is 10.4 Å². The number of likely N-dealkylation sites (tertiary alicyclic amines) is 1. The van der Waals surface area contributed by atoms with Gasteiger partial charge in [-0.3, -0.25) is 4.79 Å². The van der Waals surface area contributed by atoms with Crippen LogP contribution >= 0.6 is 0 Å². The molecule has 1 aromatic heterocycles. The number of para-hydroxylation sites is 1. The van der Waals surface area contributed by atoms with Gasteiger partial charge in [-0.15, -0.1) is 0 Å². The summed E-state index contributed by atoms with van der Waals surface area (Å²) in [5.74, 6) is 0.307. The molecule has 28 heavy (non-hydrogen) atoms. The van der Waals surface area contributed by atoms with Crippen LogP contribution in [0.2, 0.25) is 0 Å². The van der Waals surface area contributed by atoms with Crippen molar-refractivity contribution in [3.05, 3.63) is 66.0 Å². The smallest absolute Gasteiger partial charge is 0.260 e. The lowest BCUT2D eigenvalue weighted by molar-refractivity contribution is -0.138. The Kier molecular flexibility index (Phi) is 4.96. The van der Waals surface area contributed by atoms with Gasteiger partial charge in [-0.2, -0.15) is 0 Å². The largest absolute Gasteiger partial charge is 0.467 e. The number of nitrogens with zero attached hydrogens (tertiary/aromatic N) is 3. The molecule has 1 N–H and O–H groups in total. The van der Waals surface area contributed by atoms with E-state index in [-0.39, 0.29) is 12.5 Å². The van der Waals surface area contributed by atoms with Gasteiger partial charge in [-0.05, 0) is 37.5 Å². The molecule has 0 unspecified atom stereocenters. The van der Waals surface area contributed by atoms with Gasteiger partial charge in [0.25, 0.3) is 5.91 Å². The molecule has 144 valence electrons. The number of amides is 1. The Morgan fingerprint density at radius 2 is 1.93 bits per heavy atom. The van der Waals surface area contributed by atoms with Crippen molar-refractivity contribution >= 4 is 16.8 Å². The molecule has 4 rings (SSSR count). The van der Waals surface area contributed by atoms with Crippen molar-refractivity contribution in [2.75, 3.05) is 19.7 Å². The Hall–Kier alpha value is -2.99. The molecule has 6 heteroatoms. The van der Waals surface area contributed by atoms with E-state index in [2.05, 4.69) is 9.97 Å². The van der Waals surface area contributed by atoms with E-state index in [1.165, 1.54) is 6.33 Å². The molecule has 1 aliphatic rings. The highest BCUT2D eigenvalue weighted by molar-refractivity contribution is 5.84. The Labute approximate surface area is 163 Å². The molecular formula is C22H23N3O3. The topological polar surface area (TPSA) is 75.5 Å². The minimum absolute atomic E-state index is 0.0795. The van der Waals surface area contributed by atoms with Crippen molar-refractivity contribution in [1.29, 1.82) is 0 Å². The number of aliphatic hydroxyl groups is 1. The van der Waals surface area contributed by atoms with Crippen LogP contribution in [0.3, 0.4) is 0 Å². The van der Waals surface area contributed by atoms with E-state index in [1.54, 1.807) is 4.90 Å². The molecule has 0 spiro atoms. The Balaban J connectivity index is 1.38. The zero-order valence-corrected chi connectivity index (χ0v) is 15.8. The lowest BCUT2D eigenvalue weighted by Crippen LogP contribution is -2.46. The highest BCUT2D eigenvalue weighted by Gasteiger charge is 2.35. The number of ether oxygens (including phenoxy) is 1. The van der Waals surface area contributed by atoms with Crippen LogP contribution < -0.4 is 4.74 Å². The van der Waals surface area contributed by atoms with Crippen molar-refractivity contribution in [3.63, 3.8) is 0 Å². The molecule has 1 aliphatic heterocycles. The maximum atomic E-state index is 12.6. The first kappa shape index (κ1) is 18.4. The third-order valence-electron chi connectivity index (χ3n) is 5.34. The molecule has 0 saturated carbocycles. The number of hydrogen-bond acceptors (Lipinski definition) is 5. The summed E-state index contributed by atoms with van der Waals surface area (Å²) in [5, 5.41) is 11.8. The first-order chi connectivity index (χ1) is 13.5. The molecule has 0 radical (unpaired) electrons. The van der Waals surface area contributed by atoms with Gasteiger partial charge in [0.2, 0.25) is 5.88 Å². The lowest BCUT2D eigenvalue weighted by Gasteiger charge is -2.38. The average Bonchev–Trinajstić information content (AvgIpc) is 2.72. The first-order valence-electron chi connectivity index (χ1n) is 9.45. The highest BCUT2D eigenvalue weighted by atomic mass is 16.5. The van der Waals surface area contributed by atoms with E-state index < -0.39 is 5.60 Å². The summed E-state index contributed by atoms with van der Waals surface area (Å²) in [6, 6.07) is 15.5. The number of aryl methyl sites for hydroxylation is 1. The third kappa shape index (κ3) is 3.68. The minimum Gasteiger partial charge on any atom is -0.467 e. The number of carbonyl (C=O) groups excluding carboxylic acids is 1. The summed E-state index contributed by atoms with van der Waals surface area (Å²) < 4.78 is 5.68. The Morgan fingerprint density at radius 3 is 2.71 bits per heavy atom. The van der Waals surface area contributed by atoms with Crippen LogP contribution in [0.1, 0.15) is 24.0 Å². The second kappa shape index (κ2) is 7.56. The fourth-order valence-corrected chi connectivity index (χ4v) is 3.67. The maximum absolute atomic E-state index is 12.6. The fourth-order valence-electron chi connectivity index (χ4n) is 3.67. The van der Waals surface area contributed by atoms with E-state index in [0.717, 1.165) is 22.0 Å². The van der Waals surface area contributed by atoms with Gasteiger partial charge in [0, 0.05) is 13.1 Å². The SMILES string of the molecule is Cc1cccc(C2(O)CCN(C(=O)COc3ncnc4ccccc34)CC2)c1. The average molecular weight is 377 g/mol. The molecule has 0 aliphatic carbocycles. The van der Waals surface area contributed by atoms with Crippen molar-refractivity contribution < 1.29 is 14.6 Å². The van der Waals surface area contributed by atoms with Crippen LogP contribution in [0.5, 0.6) is 5.88 Å². The number of piperidine rings is 1. The molecule has 1 fully saturated rings. The van der Waals surface area contributed by atoms with Gasteiger partial charge in [0.15, 0.2) is 6.61 Å². The summed E-state index contributed by atoms with van der Waals surface area (Å²) in [5.41, 5.74) is 1.94. The molecule has 0 bridgehead atoms. The molecular weight excluding hydrogens is 354 g/mol. The monoisotopic (exact) mass is 377 g/mol. The van der Waals surface area contributed by atoms with Gasteiger partial charge in [-0.1, -0.05) is 42.0 Å². The number of rotatable bonds is 4. The molecule has 0 atom stereocenters. The molecule has 6 nitrogen and oxygen atoms in total. The Morgan fingerprint density at radius 1 is 1.14 bits per heavy atom. The molecule has 1 amide bonds. The normalized spacial score (nSPS) is 16.1. The van der Waals surface area contributed by atoms with E-state index >= 15 is 0 Å². The molecule has 1 saturated heterocycles. The zero-order chi connectivity index (χ0) is 19.6. The van der Waals surface area contributed by atoms with Gasteiger partial charge in [0.1, 0.15) is 6.33 Å².